The molecule has 0 spiro atoms. The summed E-state index contributed by atoms with van der Waals surface area (Å²) < 4.78 is 34.7. The molecule has 0 aliphatic rings. The third-order valence-corrected chi connectivity index (χ3v) is 2.84. The summed E-state index contributed by atoms with van der Waals surface area (Å²) in [5.41, 5.74) is -0.110. The second kappa shape index (κ2) is 4.67. The molecular formula is C9H12FNO3S. The minimum absolute atomic E-state index is 0.0488. The van der Waals surface area contributed by atoms with Crippen LogP contribution in [0.4, 0.5) is 4.39 Å². The molecule has 0 bridgehead atoms. The maximum Gasteiger partial charge on any atom is 0.147 e. The lowest BCUT2D eigenvalue weighted by Gasteiger charge is -2.09. The summed E-state index contributed by atoms with van der Waals surface area (Å²) in [5.74, 6) is -0.817. The molecule has 84 valence electrons. The molecule has 1 atom stereocenters. The van der Waals surface area contributed by atoms with Gasteiger partial charge in [-0.2, -0.15) is 0 Å². The van der Waals surface area contributed by atoms with Crippen LogP contribution in [0.25, 0.3) is 0 Å². The Morgan fingerprint density at radius 3 is 2.80 bits per heavy atom. The van der Waals surface area contributed by atoms with Crippen molar-refractivity contribution in [3.63, 3.8) is 0 Å². The fourth-order valence-electron chi connectivity index (χ4n) is 1.11. The minimum Gasteiger partial charge on any atom is -0.387 e. The zero-order chi connectivity index (χ0) is 11.5. The molecule has 1 rings (SSSR count). The number of pyridine rings is 1. The molecular weight excluding hydrogens is 221 g/mol. The molecule has 6 heteroatoms. The van der Waals surface area contributed by atoms with E-state index in [-0.39, 0.29) is 17.9 Å². The van der Waals surface area contributed by atoms with Gasteiger partial charge in [0, 0.05) is 12.5 Å². The van der Waals surface area contributed by atoms with Gasteiger partial charge < -0.3 is 5.11 Å². The quantitative estimate of drug-likeness (QED) is 0.830. The Balaban J connectivity index is 2.70. The second-order valence-electron chi connectivity index (χ2n) is 3.30. The van der Waals surface area contributed by atoms with E-state index in [0.29, 0.717) is 0 Å². The van der Waals surface area contributed by atoms with Gasteiger partial charge in [0.1, 0.15) is 21.3 Å². The van der Waals surface area contributed by atoms with E-state index in [9.17, 15) is 17.9 Å². The molecule has 1 aromatic heterocycles. The number of aliphatic hydroxyl groups is 1. The Hall–Kier alpha value is -1.01. The first-order chi connectivity index (χ1) is 6.90. The van der Waals surface area contributed by atoms with Crippen molar-refractivity contribution in [2.24, 2.45) is 0 Å². The summed E-state index contributed by atoms with van der Waals surface area (Å²) in [4.78, 5) is 3.66. The van der Waals surface area contributed by atoms with Crippen LogP contribution >= 0.6 is 0 Å². The minimum atomic E-state index is -3.15. The SMILES string of the molecule is CS(=O)(=O)CCC(O)c1ncccc1F. The predicted molar refractivity (Wildman–Crippen MR) is 53.5 cm³/mol. The third-order valence-electron chi connectivity index (χ3n) is 1.86. The molecule has 0 aromatic carbocycles. The van der Waals surface area contributed by atoms with Crippen LogP contribution in [-0.2, 0) is 9.84 Å². The van der Waals surface area contributed by atoms with E-state index in [2.05, 4.69) is 4.98 Å². The number of aromatic nitrogens is 1. The molecule has 0 saturated heterocycles. The van der Waals surface area contributed by atoms with Gasteiger partial charge in [-0.25, -0.2) is 12.8 Å². The second-order valence-corrected chi connectivity index (χ2v) is 5.56. The van der Waals surface area contributed by atoms with Crippen molar-refractivity contribution in [3.8, 4) is 0 Å². The van der Waals surface area contributed by atoms with Crippen molar-refractivity contribution in [1.29, 1.82) is 0 Å². The molecule has 15 heavy (non-hydrogen) atoms. The van der Waals surface area contributed by atoms with E-state index in [1.54, 1.807) is 0 Å². The maximum atomic E-state index is 13.1. The first-order valence-corrected chi connectivity index (χ1v) is 6.42. The molecule has 1 N–H and O–H groups in total. The van der Waals surface area contributed by atoms with Crippen LogP contribution in [-0.4, -0.2) is 30.5 Å². The van der Waals surface area contributed by atoms with Gasteiger partial charge in [-0.15, -0.1) is 0 Å². The average Bonchev–Trinajstić information content (AvgIpc) is 2.14. The van der Waals surface area contributed by atoms with Crippen LogP contribution in [0.3, 0.4) is 0 Å². The molecule has 1 aromatic rings. The Bertz CT molecular complexity index is 433. The Morgan fingerprint density at radius 2 is 2.27 bits per heavy atom. The van der Waals surface area contributed by atoms with Gasteiger partial charge in [0.05, 0.1) is 11.9 Å². The lowest BCUT2D eigenvalue weighted by atomic mass is 10.2. The van der Waals surface area contributed by atoms with E-state index in [1.807, 2.05) is 0 Å². The molecule has 0 amide bonds. The smallest absolute Gasteiger partial charge is 0.147 e. The molecule has 1 unspecified atom stereocenters. The van der Waals surface area contributed by atoms with Crippen LogP contribution in [0, 0.1) is 5.82 Å². The van der Waals surface area contributed by atoms with Crippen molar-refractivity contribution in [1.82, 2.24) is 4.98 Å². The number of hydrogen-bond acceptors (Lipinski definition) is 4. The molecule has 0 fully saturated rings. The molecule has 1 heterocycles. The summed E-state index contributed by atoms with van der Waals surface area (Å²) in [6, 6.07) is 2.58. The Kier molecular flexibility index (Phi) is 3.76. The fourth-order valence-corrected chi connectivity index (χ4v) is 1.76. The van der Waals surface area contributed by atoms with Gasteiger partial charge in [0.2, 0.25) is 0 Å². The van der Waals surface area contributed by atoms with Crippen molar-refractivity contribution in [3.05, 3.63) is 29.8 Å². The lowest BCUT2D eigenvalue weighted by Crippen LogP contribution is -2.10. The van der Waals surface area contributed by atoms with Crippen LogP contribution in [0.1, 0.15) is 18.2 Å². The van der Waals surface area contributed by atoms with Gasteiger partial charge in [-0.05, 0) is 18.6 Å². The number of hydrogen-bond donors (Lipinski definition) is 1. The maximum absolute atomic E-state index is 13.1. The molecule has 4 nitrogen and oxygen atoms in total. The van der Waals surface area contributed by atoms with Crippen molar-refractivity contribution in [2.75, 3.05) is 12.0 Å². The third kappa shape index (κ3) is 3.93. The Labute approximate surface area is 87.7 Å². The highest BCUT2D eigenvalue weighted by atomic mass is 32.2. The van der Waals surface area contributed by atoms with Gasteiger partial charge in [-0.1, -0.05) is 0 Å². The highest BCUT2D eigenvalue weighted by Gasteiger charge is 2.15. The van der Waals surface area contributed by atoms with Crippen LogP contribution < -0.4 is 0 Å². The van der Waals surface area contributed by atoms with Crippen LogP contribution in [0.2, 0.25) is 0 Å². The zero-order valence-corrected chi connectivity index (χ0v) is 9.04. The molecule has 0 saturated carbocycles. The standard InChI is InChI=1S/C9H12FNO3S/c1-15(13,14)6-4-8(12)9-7(10)3-2-5-11-9/h2-3,5,8,12H,4,6H2,1H3. The number of aliphatic hydroxyl groups excluding tert-OH is 1. The number of rotatable bonds is 4. The molecule has 0 aliphatic heterocycles. The summed E-state index contributed by atoms with van der Waals surface area (Å²) in [6.07, 6.45) is 1.18. The van der Waals surface area contributed by atoms with E-state index < -0.39 is 21.8 Å². The Morgan fingerprint density at radius 1 is 1.60 bits per heavy atom. The van der Waals surface area contributed by atoms with Crippen LogP contribution in [0.5, 0.6) is 0 Å². The molecule has 0 radical (unpaired) electrons. The highest BCUT2D eigenvalue weighted by molar-refractivity contribution is 7.90. The summed E-state index contributed by atoms with van der Waals surface area (Å²) in [7, 11) is -3.15. The number of halogens is 1. The van der Waals surface area contributed by atoms with Crippen molar-refractivity contribution in [2.45, 2.75) is 12.5 Å². The predicted octanol–water partition coefficient (Wildman–Crippen LogP) is 0.689. The summed E-state index contributed by atoms with van der Waals surface area (Å²) in [6.45, 7) is 0. The normalized spacial score (nSPS) is 13.8. The largest absolute Gasteiger partial charge is 0.387 e. The number of sulfone groups is 1. The van der Waals surface area contributed by atoms with Gasteiger partial charge >= 0.3 is 0 Å². The van der Waals surface area contributed by atoms with E-state index in [1.165, 1.54) is 18.3 Å². The van der Waals surface area contributed by atoms with Crippen molar-refractivity contribution < 1.29 is 17.9 Å². The first-order valence-electron chi connectivity index (χ1n) is 4.36. The van der Waals surface area contributed by atoms with Crippen molar-refractivity contribution >= 4 is 9.84 Å². The molecule has 0 aliphatic carbocycles. The van der Waals surface area contributed by atoms with E-state index in [0.717, 1.165) is 6.26 Å². The fraction of sp³-hybridized carbons (Fsp3) is 0.444. The van der Waals surface area contributed by atoms with Gasteiger partial charge in [0.25, 0.3) is 0 Å². The van der Waals surface area contributed by atoms with E-state index in [4.69, 9.17) is 0 Å². The highest BCUT2D eigenvalue weighted by Crippen LogP contribution is 2.17. The summed E-state index contributed by atoms with van der Waals surface area (Å²) >= 11 is 0. The lowest BCUT2D eigenvalue weighted by molar-refractivity contribution is 0.164. The zero-order valence-electron chi connectivity index (χ0n) is 8.22. The monoisotopic (exact) mass is 233 g/mol. The van der Waals surface area contributed by atoms with Gasteiger partial charge in [-0.3, -0.25) is 4.98 Å². The number of nitrogens with zero attached hydrogens (tertiary/aromatic N) is 1. The first kappa shape index (κ1) is 12.1. The van der Waals surface area contributed by atoms with E-state index >= 15 is 0 Å². The van der Waals surface area contributed by atoms with Crippen LogP contribution in [0.15, 0.2) is 18.3 Å². The average molecular weight is 233 g/mol. The van der Waals surface area contributed by atoms with Gasteiger partial charge in [0.15, 0.2) is 0 Å². The topological polar surface area (TPSA) is 67.3 Å². The summed E-state index contributed by atoms with van der Waals surface area (Å²) in [5, 5.41) is 9.50.